The van der Waals surface area contributed by atoms with Crippen molar-refractivity contribution < 1.29 is 13.2 Å². The van der Waals surface area contributed by atoms with Crippen LogP contribution in [-0.2, 0) is 14.8 Å². The molecular formula is C12H14Cl2N2O3S. The van der Waals surface area contributed by atoms with Crippen LogP contribution in [-0.4, -0.2) is 33.2 Å². The van der Waals surface area contributed by atoms with Gasteiger partial charge < -0.3 is 5.32 Å². The number of carbonyl (C=O) groups is 1. The minimum Gasteiger partial charge on any atom is -0.352 e. The third kappa shape index (κ3) is 4.26. The summed E-state index contributed by atoms with van der Waals surface area (Å²) in [6, 6.07) is 4.58. The van der Waals surface area contributed by atoms with Gasteiger partial charge in [0, 0.05) is 16.1 Å². The molecule has 110 valence electrons. The second-order valence-corrected chi connectivity index (χ2v) is 7.52. The van der Waals surface area contributed by atoms with Crippen LogP contribution >= 0.6 is 23.2 Å². The first-order valence-corrected chi connectivity index (χ1v) is 8.59. The summed E-state index contributed by atoms with van der Waals surface area (Å²) in [6.07, 6.45) is 2.91. The number of nitrogens with zero attached hydrogens (tertiary/aromatic N) is 1. The molecule has 0 radical (unpaired) electrons. The summed E-state index contributed by atoms with van der Waals surface area (Å²) >= 11 is 11.7. The average molecular weight is 337 g/mol. The summed E-state index contributed by atoms with van der Waals surface area (Å²) < 4.78 is 24.7. The van der Waals surface area contributed by atoms with Crippen LogP contribution in [0.25, 0.3) is 0 Å². The Morgan fingerprint density at radius 1 is 1.30 bits per heavy atom. The van der Waals surface area contributed by atoms with E-state index in [0.29, 0.717) is 10.0 Å². The second-order valence-electron chi connectivity index (χ2n) is 4.74. The van der Waals surface area contributed by atoms with Crippen molar-refractivity contribution in [3.63, 3.8) is 0 Å². The molecule has 1 aliphatic carbocycles. The number of sulfonamides is 1. The van der Waals surface area contributed by atoms with Crippen molar-refractivity contribution in [3.05, 3.63) is 28.2 Å². The molecule has 1 aromatic rings. The van der Waals surface area contributed by atoms with Crippen molar-refractivity contribution >= 4 is 44.8 Å². The highest BCUT2D eigenvalue weighted by Crippen LogP contribution is 2.27. The molecule has 0 aromatic heterocycles. The minimum absolute atomic E-state index is 0.173. The number of halogens is 2. The summed E-state index contributed by atoms with van der Waals surface area (Å²) in [4.78, 5) is 11.8. The topological polar surface area (TPSA) is 66.5 Å². The fourth-order valence-electron chi connectivity index (χ4n) is 1.71. The van der Waals surface area contributed by atoms with Gasteiger partial charge in [-0.25, -0.2) is 8.42 Å². The van der Waals surface area contributed by atoms with E-state index in [0.717, 1.165) is 23.4 Å². The van der Waals surface area contributed by atoms with E-state index in [2.05, 4.69) is 5.32 Å². The molecule has 8 heteroatoms. The lowest BCUT2D eigenvalue weighted by Gasteiger charge is -2.22. The van der Waals surface area contributed by atoms with Crippen LogP contribution in [0.1, 0.15) is 12.8 Å². The van der Waals surface area contributed by atoms with E-state index in [9.17, 15) is 13.2 Å². The number of carbonyl (C=O) groups excluding carboxylic acids is 1. The van der Waals surface area contributed by atoms with E-state index in [4.69, 9.17) is 23.2 Å². The highest BCUT2D eigenvalue weighted by atomic mass is 35.5. The molecule has 1 fully saturated rings. The Morgan fingerprint density at radius 2 is 1.85 bits per heavy atom. The second kappa shape index (κ2) is 5.79. The summed E-state index contributed by atoms with van der Waals surface area (Å²) in [6.45, 7) is -0.286. The Labute approximate surface area is 127 Å². The summed E-state index contributed by atoms with van der Waals surface area (Å²) in [5.41, 5.74) is 0.274. The smallest absolute Gasteiger partial charge is 0.240 e. The lowest BCUT2D eigenvalue weighted by molar-refractivity contribution is -0.119. The summed E-state index contributed by atoms with van der Waals surface area (Å²) in [5.74, 6) is -0.339. The molecule has 20 heavy (non-hydrogen) atoms. The molecule has 0 bridgehead atoms. The van der Waals surface area contributed by atoms with Gasteiger partial charge in [-0.1, -0.05) is 23.2 Å². The Bertz CT molecular complexity index is 609. The Kier molecular flexibility index (Phi) is 4.46. The first-order valence-electron chi connectivity index (χ1n) is 5.99. The lowest BCUT2D eigenvalue weighted by atomic mass is 10.3. The van der Waals surface area contributed by atoms with Crippen LogP contribution in [0.15, 0.2) is 18.2 Å². The van der Waals surface area contributed by atoms with E-state index >= 15 is 0 Å². The molecule has 0 aliphatic heterocycles. The van der Waals surface area contributed by atoms with Gasteiger partial charge in [0.25, 0.3) is 0 Å². The van der Waals surface area contributed by atoms with Crippen LogP contribution in [0.2, 0.25) is 10.0 Å². The van der Waals surface area contributed by atoms with Crippen molar-refractivity contribution in [2.45, 2.75) is 18.9 Å². The maximum Gasteiger partial charge on any atom is 0.240 e. The Balaban J connectivity index is 2.24. The lowest BCUT2D eigenvalue weighted by Crippen LogP contribution is -2.41. The van der Waals surface area contributed by atoms with Gasteiger partial charge >= 0.3 is 0 Å². The molecule has 1 N–H and O–H groups in total. The maximum atomic E-state index is 11.9. The third-order valence-electron chi connectivity index (χ3n) is 2.77. The van der Waals surface area contributed by atoms with Gasteiger partial charge in [0.1, 0.15) is 6.54 Å². The zero-order valence-corrected chi connectivity index (χ0v) is 13.1. The quantitative estimate of drug-likeness (QED) is 0.894. The van der Waals surface area contributed by atoms with Gasteiger partial charge in [-0.2, -0.15) is 0 Å². The number of benzene rings is 1. The first kappa shape index (κ1) is 15.4. The van der Waals surface area contributed by atoms with E-state index in [-0.39, 0.29) is 24.2 Å². The fourth-order valence-corrected chi connectivity index (χ4v) is 3.07. The van der Waals surface area contributed by atoms with Crippen molar-refractivity contribution in [1.29, 1.82) is 0 Å². The molecule has 0 saturated heterocycles. The largest absolute Gasteiger partial charge is 0.352 e. The van der Waals surface area contributed by atoms with Crippen LogP contribution in [0.5, 0.6) is 0 Å². The molecular weight excluding hydrogens is 323 g/mol. The first-order chi connectivity index (χ1) is 9.25. The zero-order valence-electron chi connectivity index (χ0n) is 10.8. The van der Waals surface area contributed by atoms with Crippen molar-refractivity contribution in [2.24, 2.45) is 0 Å². The molecule has 1 aliphatic rings. The summed E-state index contributed by atoms with van der Waals surface area (Å²) in [5, 5.41) is 3.36. The average Bonchev–Trinajstić information content (AvgIpc) is 3.06. The van der Waals surface area contributed by atoms with E-state index in [1.165, 1.54) is 18.2 Å². The van der Waals surface area contributed by atoms with Gasteiger partial charge in [-0.15, -0.1) is 0 Å². The van der Waals surface area contributed by atoms with Crippen LogP contribution < -0.4 is 9.62 Å². The summed E-state index contributed by atoms with van der Waals surface area (Å²) in [7, 11) is -3.61. The SMILES string of the molecule is CS(=O)(=O)N(CC(=O)NC1CC1)c1cc(Cl)cc(Cl)c1. The van der Waals surface area contributed by atoms with E-state index < -0.39 is 10.0 Å². The molecule has 1 saturated carbocycles. The number of amides is 1. The van der Waals surface area contributed by atoms with Gasteiger partial charge in [0.15, 0.2) is 0 Å². The molecule has 0 heterocycles. The number of hydrogen-bond acceptors (Lipinski definition) is 3. The van der Waals surface area contributed by atoms with Crippen LogP contribution in [0.4, 0.5) is 5.69 Å². The van der Waals surface area contributed by atoms with E-state index in [1.54, 1.807) is 0 Å². The van der Waals surface area contributed by atoms with Crippen molar-refractivity contribution in [1.82, 2.24) is 5.32 Å². The molecule has 1 aromatic carbocycles. The van der Waals surface area contributed by atoms with Crippen LogP contribution in [0.3, 0.4) is 0 Å². The van der Waals surface area contributed by atoms with Gasteiger partial charge in [-0.05, 0) is 31.0 Å². The highest BCUT2D eigenvalue weighted by molar-refractivity contribution is 7.92. The Morgan fingerprint density at radius 3 is 2.30 bits per heavy atom. The Hall–Kier alpha value is -0.980. The number of rotatable bonds is 5. The highest BCUT2D eigenvalue weighted by Gasteiger charge is 2.26. The van der Waals surface area contributed by atoms with Crippen molar-refractivity contribution in [3.8, 4) is 0 Å². The maximum absolute atomic E-state index is 11.9. The van der Waals surface area contributed by atoms with E-state index in [1.807, 2.05) is 0 Å². The molecule has 0 spiro atoms. The number of anilines is 1. The zero-order chi connectivity index (χ0) is 14.9. The predicted molar refractivity (Wildman–Crippen MR) is 79.8 cm³/mol. The van der Waals surface area contributed by atoms with Crippen LogP contribution in [0, 0.1) is 0 Å². The molecule has 1 amide bonds. The molecule has 0 unspecified atom stereocenters. The minimum atomic E-state index is -3.61. The predicted octanol–water partition coefficient (Wildman–Crippen LogP) is 2.04. The van der Waals surface area contributed by atoms with Gasteiger partial charge in [-0.3, -0.25) is 9.10 Å². The standard InChI is InChI=1S/C12H14Cl2N2O3S/c1-20(18,19)16(7-12(17)15-10-2-3-10)11-5-8(13)4-9(14)6-11/h4-6,10H,2-3,7H2,1H3,(H,15,17). The monoisotopic (exact) mass is 336 g/mol. The number of nitrogens with one attached hydrogen (secondary N) is 1. The molecule has 0 atom stereocenters. The molecule has 5 nitrogen and oxygen atoms in total. The third-order valence-corrected chi connectivity index (χ3v) is 4.34. The number of hydrogen-bond donors (Lipinski definition) is 1. The normalized spacial score (nSPS) is 14.9. The fraction of sp³-hybridized carbons (Fsp3) is 0.417. The van der Waals surface area contributed by atoms with Gasteiger partial charge in [0.05, 0.1) is 11.9 Å². The van der Waals surface area contributed by atoms with Crippen molar-refractivity contribution in [2.75, 3.05) is 17.1 Å². The van der Waals surface area contributed by atoms with Gasteiger partial charge in [0.2, 0.25) is 15.9 Å². The molecule has 2 rings (SSSR count).